The summed E-state index contributed by atoms with van der Waals surface area (Å²) in [5.74, 6) is 0.752. The van der Waals surface area contributed by atoms with Gasteiger partial charge in [-0.15, -0.1) is 0 Å². The van der Waals surface area contributed by atoms with Gasteiger partial charge in [0.05, 0.1) is 7.11 Å². The lowest BCUT2D eigenvalue weighted by molar-refractivity contribution is -0.0200. The Hall–Kier alpha value is -1.09. The van der Waals surface area contributed by atoms with E-state index in [0.29, 0.717) is 17.9 Å². The van der Waals surface area contributed by atoms with Crippen molar-refractivity contribution >= 4 is 0 Å². The van der Waals surface area contributed by atoms with Gasteiger partial charge >= 0.3 is 0 Å². The lowest BCUT2D eigenvalue weighted by Gasteiger charge is -2.31. The normalized spacial score (nSPS) is 15.1. The molecular formula is C12H19NO2. The number of nitrogens with zero attached hydrogens (tertiary/aromatic N) is 1. The summed E-state index contributed by atoms with van der Waals surface area (Å²) in [6.07, 6.45) is 2.30. The van der Waals surface area contributed by atoms with Gasteiger partial charge in [0.15, 0.2) is 0 Å². The van der Waals surface area contributed by atoms with Crippen molar-refractivity contribution in [3.05, 3.63) is 24.0 Å². The van der Waals surface area contributed by atoms with E-state index < -0.39 is 5.60 Å². The second-order valence-electron chi connectivity index (χ2n) is 3.99. The second-order valence-corrected chi connectivity index (χ2v) is 3.99. The van der Waals surface area contributed by atoms with Gasteiger partial charge in [-0.05, 0) is 24.5 Å². The van der Waals surface area contributed by atoms with E-state index in [1.807, 2.05) is 26.8 Å². The fourth-order valence-corrected chi connectivity index (χ4v) is 1.73. The van der Waals surface area contributed by atoms with E-state index in [4.69, 9.17) is 4.74 Å². The largest absolute Gasteiger partial charge is 0.495 e. The van der Waals surface area contributed by atoms with Crippen LogP contribution in [-0.2, 0) is 5.60 Å². The Bertz CT molecular complexity index is 325. The van der Waals surface area contributed by atoms with Gasteiger partial charge in [-0.2, -0.15) is 0 Å². The molecule has 1 aromatic heterocycles. The van der Waals surface area contributed by atoms with Gasteiger partial charge in [-0.25, -0.2) is 0 Å². The minimum atomic E-state index is -0.910. The number of ether oxygens (including phenoxy) is 1. The van der Waals surface area contributed by atoms with E-state index in [2.05, 4.69) is 4.98 Å². The van der Waals surface area contributed by atoms with Crippen LogP contribution in [0.5, 0.6) is 5.75 Å². The van der Waals surface area contributed by atoms with Crippen LogP contribution in [0.2, 0.25) is 0 Å². The van der Waals surface area contributed by atoms with Crippen molar-refractivity contribution in [3.8, 4) is 5.75 Å². The number of rotatable bonds is 4. The van der Waals surface area contributed by atoms with Gasteiger partial charge in [0, 0.05) is 6.20 Å². The topological polar surface area (TPSA) is 42.4 Å². The molecule has 1 aromatic rings. The maximum Gasteiger partial charge on any atom is 0.143 e. The van der Waals surface area contributed by atoms with Gasteiger partial charge < -0.3 is 9.84 Å². The van der Waals surface area contributed by atoms with Crippen molar-refractivity contribution in [1.82, 2.24) is 4.98 Å². The molecule has 0 bridgehead atoms. The second kappa shape index (κ2) is 4.62. The van der Waals surface area contributed by atoms with Gasteiger partial charge in [0.25, 0.3) is 0 Å². The Morgan fingerprint density at radius 2 is 2.20 bits per heavy atom. The number of pyridine rings is 1. The first kappa shape index (κ1) is 12.0. The fourth-order valence-electron chi connectivity index (χ4n) is 1.73. The Balaban J connectivity index is 3.23. The molecule has 0 radical (unpaired) electrons. The van der Waals surface area contributed by atoms with E-state index in [1.165, 1.54) is 0 Å². The third kappa shape index (κ3) is 2.12. The van der Waals surface area contributed by atoms with E-state index in [0.717, 1.165) is 0 Å². The monoisotopic (exact) mass is 209 g/mol. The van der Waals surface area contributed by atoms with Gasteiger partial charge in [0.2, 0.25) is 0 Å². The van der Waals surface area contributed by atoms with Gasteiger partial charge in [-0.3, -0.25) is 4.98 Å². The average Bonchev–Trinajstić information content (AvgIpc) is 2.27. The summed E-state index contributed by atoms with van der Waals surface area (Å²) in [5.41, 5.74) is -0.280. The molecule has 0 amide bonds. The third-order valence-electron chi connectivity index (χ3n) is 2.89. The Morgan fingerprint density at radius 3 is 2.67 bits per heavy atom. The molecule has 0 saturated heterocycles. The molecule has 0 fully saturated rings. The SMILES string of the molecule is CCC(O)(c1ncccc1OC)C(C)C. The zero-order chi connectivity index (χ0) is 11.5. The molecule has 0 spiro atoms. The van der Waals surface area contributed by atoms with Crippen LogP contribution in [0.25, 0.3) is 0 Å². The van der Waals surface area contributed by atoms with Crippen molar-refractivity contribution in [1.29, 1.82) is 0 Å². The molecule has 0 aromatic carbocycles. The minimum absolute atomic E-state index is 0.103. The number of aliphatic hydroxyl groups is 1. The van der Waals surface area contributed by atoms with Crippen molar-refractivity contribution in [2.24, 2.45) is 5.92 Å². The van der Waals surface area contributed by atoms with Crippen LogP contribution in [0, 0.1) is 5.92 Å². The number of aromatic nitrogens is 1. The molecule has 1 atom stereocenters. The first-order valence-electron chi connectivity index (χ1n) is 5.28. The lowest BCUT2D eigenvalue weighted by atomic mass is 9.84. The first-order valence-corrected chi connectivity index (χ1v) is 5.28. The van der Waals surface area contributed by atoms with Crippen LogP contribution < -0.4 is 4.74 Å². The standard InChI is InChI=1S/C12H19NO2/c1-5-12(14,9(2)3)11-10(15-4)7-6-8-13-11/h6-9,14H,5H2,1-4H3. The summed E-state index contributed by atoms with van der Waals surface area (Å²) in [6.45, 7) is 5.92. The van der Waals surface area contributed by atoms with E-state index >= 15 is 0 Å². The zero-order valence-corrected chi connectivity index (χ0v) is 9.82. The number of hydrogen-bond acceptors (Lipinski definition) is 3. The van der Waals surface area contributed by atoms with Crippen LogP contribution in [0.1, 0.15) is 32.9 Å². The summed E-state index contributed by atoms with van der Waals surface area (Å²) < 4.78 is 5.22. The molecular weight excluding hydrogens is 190 g/mol. The molecule has 1 heterocycles. The number of hydrogen-bond donors (Lipinski definition) is 1. The maximum absolute atomic E-state index is 10.5. The Morgan fingerprint density at radius 1 is 1.53 bits per heavy atom. The molecule has 3 heteroatoms. The summed E-state index contributed by atoms with van der Waals surface area (Å²) in [4.78, 5) is 4.24. The highest BCUT2D eigenvalue weighted by molar-refractivity contribution is 5.32. The zero-order valence-electron chi connectivity index (χ0n) is 9.82. The maximum atomic E-state index is 10.5. The smallest absolute Gasteiger partial charge is 0.143 e. The summed E-state index contributed by atoms with van der Waals surface area (Å²) >= 11 is 0. The van der Waals surface area contributed by atoms with Crippen molar-refractivity contribution < 1.29 is 9.84 Å². The highest BCUT2D eigenvalue weighted by atomic mass is 16.5. The fraction of sp³-hybridized carbons (Fsp3) is 0.583. The molecule has 0 aliphatic rings. The summed E-state index contributed by atoms with van der Waals surface area (Å²) in [7, 11) is 1.59. The predicted molar refractivity (Wildman–Crippen MR) is 59.8 cm³/mol. The lowest BCUT2D eigenvalue weighted by Crippen LogP contribution is -2.32. The van der Waals surface area contributed by atoms with Gasteiger partial charge in [-0.1, -0.05) is 20.8 Å². The molecule has 84 valence electrons. The van der Waals surface area contributed by atoms with Crippen LogP contribution in [0.15, 0.2) is 18.3 Å². The summed E-state index contributed by atoms with van der Waals surface area (Å²) in [6, 6.07) is 3.63. The van der Waals surface area contributed by atoms with Crippen LogP contribution in [-0.4, -0.2) is 17.2 Å². The molecule has 0 saturated carbocycles. The molecule has 3 nitrogen and oxygen atoms in total. The van der Waals surface area contributed by atoms with Crippen LogP contribution in [0.3, 0.4) is 0 Å². The molecule has 1 unspecified atom stereocenters. The Kier molecular flexibility index (Phi) is 3.69. The highest BCUT2D eigenvalue weighted by Crippen LogP contribution is 2.36. The summed E-state index contributed by atoms with van der Waals surface area (Å²) in [5, 5.41) is 10.5. The molecule has 15 heavy (non-hydrogen) atoms. The molecule has 0 aliphatic heterocycles. The first-order chi connectivity index (χ1) is 7.06. The highest BCUT2D eigenvalue weighted by Gasteiger charge is 2.35. The number of methoxy groups -OCH3 is 1. The van der Waals surface area contributed by atoms with Crippen LogP contribution in [0.4, 0.5) is 0 Å². The van der Waals surface area contributed by atoms with Gasteiger partial charge in [0.1, 0.15) is 17.0 Å². The average molecular weight is 209 g/mol. The quantitative estimate of drug-likeness (QED) is 0.827. The van der Waals surface area contributed by atoms with Crippen molar-refractivity contribution in [2.75, 3.05) is 7.11 Å². The van der Waals surface area contributed by atoms with Crippen molar-refractivity contribution in [2.45, 2.75) is 32.8 Å². The predicted octanol–water partition coefficient (Wildman–Crippen LogP) is 2.34. The van der Waals surface area contributed by atoms with E-state index in [-0.39, 0.29) is 5.92 Å². The van der Waals surface area contributed by atoms with E-state index in [1.54, 1.807) is 19.4 Å². The van der Waals surface area contributed by atoms with Crippen molar-refractivity contribution in [3.63, 3.8) is 0 Å². The third-order valence-corrected chi connectivity index (χ3v) is 2.89. The Labute approximate surface area is 91.1 Å². The molecule has 1 rings (SSSR count). The van der Waals surface area contributed by atoms with E-state index in [9.17, 15) is 5.11 Å². The molecule has 0 aliphatic carbocycles. The molecule has 1 N–H and O–H groups in total. The van der Waals surface area contributed by atoms with Crippen LogP contribution >= 0.6 is 0 Å². The minimum Gasteiger partial charge on any atom is -0.495 e.